The Kier molecular flexibility index (Phi) is 5.29. The second kappa shape index (κ2) is 8.06. The van der Waals surface area contributed by atoms with Crippen LogP contribution >= 0.6 is 0 Å². The van der Waals surface area contributed by atoms with Crippen molar-refractivity contribution in [2.45, 2.75) is 33.2 Å². The molecule has 1 aliphatic rings. The largest absolute Gasteiger partial charge is 0.326 e. The number of nitrogens with zero attached hydrogens (tertiary/aromatic N) is 2. The number of benzene rings is 2. The Bertz CT molecular complexity index is 1180. The topological polar surface area (TPSA) is 105 Å². The average molecular weight is 417 g/mol. The minimum Gasteiger partial charge on any atom is -0.326 e. The van der Waals surface area contributed by atoms with Crippen molar-refractivity contribution in [3.63, 3.8) is 0 Å². The van der Waals surface area contributed by atoms with E-state index in [1.165, 1.54) is 6.92 Å². The van der Waals surface area contributed by atoms with Gasteiger partial charge in [0.1, 0.15) is 11.9 Å². The minimum atomic E-state index is -0.786. The van der Waals surface area contributed by atoms with Gasteiger partial charge in [-0.1, -0.05) is 35.9 Å². The molecule has 31 heavy (non-hydrogen) atoms. The summed E-state index contributed by atoms with van der Waals surface area (Å²) in [6.45, 7) is 5.31. The van der Waals surface area contributed by atoms with Crippen molar-refractivity contribution in [3.8, 4) is 11.3 Å². The predicted molar refractivity (Wildman–Crippen MR) is 119 cm³/mol. The second-order valence-electron chi connectivity index (χ2n) is 7.65. The van der Waals surface area contributed by atoms with Crippen molar-refractivity contribution in [3.05, 3.63) is 59.7 Å². The maximum atomic E-state index is 13.1. The molecule has 0 saturated carbocycles. The highest BCUT2D eigenvalue weighted by Gasteiger charge is 2.34. The Balaban J connectivity index is 1.64. The number of carbonyl (C=O) groups is 3. The van der Waals surface area contributed by atoms with Gasteiger partial charge < -0.3 is 16.0 Å². The molecule has 8 heteroatoms. The molecule has 0 bridgehead atoms. The summed E-state index contributed by atoms with van der Waals surface area (Å²) in [5.74, 6) is -0.265. The predicted octanol–water partition coefficient (Wildman–Crippen LogP) is 3.65. The van der Waals surface area contributed by atoms with Crippen LogP contribution in [0.5, 0.6) is 0 Å². The van der Waals surface area contributed by atoms with Gasteiger partial charge >= 0.3 is 0 Å². The highest BCUT2D eigenvalue weighted by atomic mass is 16.2. The van der Waals surface area contributed by atoms with Gasteiger partial charge in [-0.3, -0.25) is 14.4 Å². The Hall–Kier alpha value is -3.94. The summed E-state index contributed by atoms with van der Waals surface area (Å²) in [7, 11) is 0. The van der Waals surface area contributed by atoms with Crippen LogP contribution in [-0.2, 0) is 14.4 Å². The van der Waals surface area contributed by atoms with E-state index in [2.05, 4.69) is 21.0 Å². The van der Waals surface area contributed by atoms with E-state index < -0.39 is 6.04 Å². The molecule has 0 spiro atoms. The van der Waals surface area contributed by atoms with E-state index in [0.29, 0.717) is 17.2 Å². The van der Waals surface area contributed by atoms with Crippen LogP contribution in [0.3, 0.4) is 0 Å². The molecule has 0 saturated heterocycles. The first kappa shape index (κ1) is 20.3. The van der Waals surface area contributed by atoms with Crippen molar-refractivity contribution in [2.75, 3.05) is 16.0 Å². The molecular weight excluding hydrogens is 394 g/mol. The molecular formula is C23H23N5O3. The molecule has 0 radical (unpaired) electrons. The smallest absolute Gasteiger partial charge is 0.249 e. The number of nitrogens with one attached hydrogen (secondary N) is 3. The number of amides is 3. The third-order valence-electron chi connectivity index (χ3n) is 5.16. The lowest BCUT2D eigenvalue weighted by molar-refractivity contribution is -0.125. The summed E-state index contributed by atoms with van der Waals surface area (Å²) in [6, 6.07) is 14.0. The molecule has 2 heterocycles. The lowest BCUT2D eigenvalue weighted by Crippen LogP contribution is -2.35. The number of carbonyl (C=O) groups excluding carboxylic acids is 3. The van der Waals surface area contributed by atoms with Crippen LogP contribution in [-0.4, -0.2) is 27.5 Å². The fraction of sp³-hybridized carbons (Fsp3) is 0.217. The normalized spacial score (nSPS) is 15.1. The van der Waals surface area contributed by atoms with Gasteiger partial charge in [0.15, 0.2) is 0 Å². The van der Waals surface area contributed by atoms with Crippen molar-refractivity contribution in [2.24, 2.45) is 0 Å². The first-order chi connectivity index (χ1) is 14.8. The summed E-state index contributed by atoms with van der Waals surface area (Å²) in [4.78, 5) is 36.7. The van der Waals surface area contributed by atoms with Crippen LogP contribution in [0.4, 0.5) is 17.2 Å². The standard InChI is InChI=1S/C23H23N5O3/c1-13-7-9-16(10-8-13)21-14(2)22-26-20(30)12-19(28(22)27-21)23(31)25-18-6-4-5-17(11-18)24-15(3)29/h4-11,19H,12H2,1-3H3,(H,24,29)(H,25,31)(H,26,30)/t19-/m0/s1. The summed E-state index contributed by atoms with van der Waals surface area (Å²) in [5.41, 5.74) is 4.68. The van der Waals surface area contributed by atoms with Crippen LogP contribution in [0.1, 0.15) is 30.5 Å². The maximum Gasteiger partial charge on any atom is 0.249 e. The van der Waals surface area contributed by atoms with Crippen LogP contribution in [0.15, 0.2) is 48.5 Å². The van der Waals surface area contributed by atoms with Gasteiger partial charge in [-0.05, 0) is 32.0 Å². The van der Waals surface area contributed by atoms with E-state index >= 15 is 0 Å². The monoisotopic (exact) mass is 417 g/mol. The Morgan fingerprint density at radius 2 is 1.74 bits per heavy atom. The van der Waals surface area contributed by atoms with Gasteiger partial charge in [0.05, 0.1) is 12.1 Å². The Morgan fingerprint density at radius 1 is 1.06 bits per heavy atom. The maximum absolute atomic E-state index is 13.1. The molecule has 3 N–H and O–H groups in total. The molecule has 3 amide bonds. The molecule has 0 unspecified atom stereocenters. The zero-order valence-corrected chi connectivity index (χ0v) is 17.5. The van der Waals surface area contributed by atoms with Crippen molar-refractivity contribution in [1.82, 2.24) is 9.78 Å². The van der Waals surface area contributed by atoms with Gasteiger partial charge in [-0.15, -0.1) is 0 Å². The van der Waals surface area contributed by atoms with Crippen LogP contribution < -0.4 is 16.0 Å². The average Bonchev–Trinajstić information content (AvgIpc) is 3.04. The summed E-state index contributed by atoms with van der Waals surface area (Å²) in [6.07, 6.45) is -0.0152. The third kappa shape index (κ3) is 4.18. The number of fused-ring (bicyclic) bond motifs is 1. The SMILES string of the molecule is CC(=O)Nc1cccc(NC(=O)[C@@H]2CC(=O)Nc3c(C)c(-c4ccc(C)cc4)nn32)c1. The van der Waals surface area contributed by atoms with Gasteiger partial charge in [-0.2, -0.15) is 5.10 Å². The number of rotatable bonds is 4. The Morgan fingerprint density at radius 3 is 2.42 bits per heavy atom. The van der Waals surface area contributed by atoms with E-state index in [4.69, 9.17) is 0 Å². The summed E-state index contributed by atoms with van der Waals surface area (Å²) in [5, 5.41) is 13.0. The second-order valence-corrected chi connectivity index (χ2v) is 7.65. The number of hydrogen-bond acceptors (Lipinski definition) is 4. The van der Waals surface area contributed by atoms with Crippen LogP contribution in [0.2, 0.25) is 0 Å². The highest BCUT2D eigenvalue weighted by Crippen LogP contribution is 2.34. The molecule has 0 fully saturated rings. The molecule has 1 aliphatic heterocycles. The van der Waals surface area contributed by atoms with Crippen LogP contribution in [0.25, 0.3) is 11.3 Å². The van der Waals surface area contributed by atoms with Crippen molar-refractivity contribution >= 4 is 34.9 Å². The van der Waals surface area contributed by atoms with Crippen molar-refractivity contribution in [1.29, 1.82) is 0 Å². The van der Waals surface area contributed by atoms with E-state index in [1.807, 2.05) is 38.1 Å². The van der Waals surface area contributed by atoms with E-state index in [9.17, 15) is 14.4 Å². The zero-order chi connectivity index (χ0) is 22.1. The van der Waals surface area contributed by atoms with E-state index in [0.717, 1.165) is 22.4 Å². The van der Waals surface area contributed by atoms with Gasteiger partial charge in [0.25, 0.3) is 0 Å². The van der Waals surface area contributed by atoms with Crippen molar-refractivity contribution < 1.29 is 14.4 Å². The zero-order valence-electron chi connectivity index (χ0n) is 17.5. The van der Waals surface area contributed by atoms with Gasteiger partial charge in [-0.25, -0.2) is 4.68 Å². The number of anilines is 3. The number of aromatic nitrogens is 2. The summed E-state index contributed by atoms with van der Waals surface area (Å²) >= 11 is 0. The molecule has 8 nitrogen and oxygen atoms in total. The summed E-state index contributed by atoms with van der Waals surface area (Å²) < 4.78 is 1.58. The van der Waals surface area contributed by atoms with Gasteiger partial charge in [0, 0.05) is 29.4 Å². The third-order valence-corrected chi connectivity index (χ3v) is 5.16. The van der Waals surface area contributed by atoms with Crippen LogP contribution in [0, 0.1) is 13.8 Å². The molecule has 1 atom stereocenters. The minimum absolute atomic E-state index is 0.0152. The highest BCUT2D eigenvalue weighted by molar-refractivity contribution is 6.02. The lowest BCUT2D eigenvalue weighted by atomic mass is 10.1. The molecule has 0 aliphatic carbocycles. The number of aryl methyl sites for hydroxylation is 1. The molecule has 1 aromatic heterocycles. The molecule has 2 aromatic carbocycles. The Labute approximate surface area is 179 Å². The fourth-order valence-electron chi connectivity index (χ4n) is 3.63. The lowest BCUT2D eigenvalue weighted by Gasteiger charge is -2.24. The molecule has 3 aromatic rings. The molecule has 158 valence electrons. The van der Waals surface area contributed by atoms with E-state index in [1.54, 1.807) is 28.9 Å². The fourth-order valence-corrected chi connectivity index (χ4v) is 3.63. The van der Waals surface area contributed by atoms with E-state index in [-0.39, 0.29) is 24.1 Å². The number of hydrogen-bond donors (Lipinski definition) is 3. The van der Waals surface area contributed by atoms with Gasteiger partial charge in [0.2, 0.25) is 17.7 Å². The molecule has 4 rings (SSSR count). The quantitative estimate of drug-likeness (QED) is 0.603. The first-order valence-corrected chi connectivity index (χ1v) is 9.96. The first-order valence-electron chi connectivity index (χ1n) is 9.96.